The Balaban J connectivity index is 1.72. The minimum absolute atomic E-state index is 0.0225. The lowest BCUT2D eigenvalue weighted by molar-refractivity contribution is -0.149. The van der Waals surface area contributed by atoms with Crippen molar-refractivity contribution in [2.45, 2.75) is 44.2 Å². The fourth-order valence-corrected chi connectivity index (χ4v) is 3.92. The summed E-state index contributed by atoms with van der Waals surface area (Å²) < 4.78 is 0. The van der Waals surface area contributed by atoms with Crippen molar-refractivity contribution in [3.05, 3.63) is 0 Å². The number of amides is 1. The molecule has 3 rings (SSSR count). The Kier molecular flexibility index (Phi) is 3.01. The van der Waals surface area contributed by atoms with E-state index in [0.29, 0.717) is 24.8 Å². The van der Waals surface area contributed by atoms with Gasteiger partial charge in [-0.3, -0.25) is 4.79 Å². The molecule has 100 valence electrons. The Bertz CT molecular complexity index is 371. The number of fused-ring (bicyclic) bond motifs is 1. The van der Waals surface area contributed by atoms with Crippen LogP contribution in [0, 0.1) is 11.8 Å². The van der Waals surface area contributed by atoms with Gasteiger partial charge in [-0.15, -0.1) is 0 Å². The van der Waals surface area contributed by atoms with Crippen molar-refractivity contribution in [2.75, 3.05) is 13.1 Å². The van der Waals surface area contributed by atoms with Crippen LogP contribution in [0.4, 0.5) is 0 Å². The number of nitrogens with zero attached hydrogens (tertiary/aromatic N) is 1. The van der Waals surface area contributed by atoms with Gasteiger partial charge in [-0.05, 0) is 44.1 Å². The predicted molar refractivity (Wildman–Crippen MR) is 65.0 cm³/mol. The zero-order chi connectivity index (χ0) is 12.7. The maximum Gasteiger partial charge on any atom is 0.326 e. The minimum atomic E-state index is -0.859. The molecule has 0 aromatic heterocycles. The van der Waals surface area contributed by atoms with Crippen molar-refractivity contribution >= 4 is 11.9 Å². The summed E-state index contributed by atoms with van der Waals surface area (Å²) >= 11 is 0. The number of carboxylic acids is 1. The first-order chi connectivity index (χ1) is 8.68. The number of aliphatic carboxylic acids is 1. The normalized spacial score (nSPS) is 39.0. The van der Waals surface area contributed by atoms with E-state index in [-0.39, 0.29) is 11.9 Å². The molecule has 3 fully saturated rings. The minimum Gasteiger partial charge on any atom is -0.480 e. The number of carbonyl (C=O) groups excluding carboxylic acids is 1. The molecule has 1 aliphatic carbocycles. The molecule has 1 amide bonds. The van der Waals surface area contributed by atoms with Crippen LogP contribution in [0.15, 0.2) is 0 Å². The quantitative estimate of drug-likeness (QED) is 0.748. The molecule has 0 spiro atoms. The molecule has 0 radical (unpaired) electrons. The van der Waals surface area contributed by atoms with Gasteiger partial charge in [0.1, 0.15) is 6.04 Å². The Morgan fingerprint density at radius 2 is 2.00 bits per heavy atom. The van der Waals surface area contributed by atoms with Crippen molar-refractivity contribution < 1.29 is 14.7 Å². The molecule has 3 aliphatic rings. The van der Waals surface area contributed by atoms with Gasteiger partial charge in [0.05, 0.1) is 6.04 Å². The van der Waals surface area contributed by atoms with Gasteiger partial charge in [-0.2, -0.15) is 0 Å². The van der Waals surface area contributed by atoms with Crippen LogP contribution in [0.3, 0.4) is 0 Å². The van der Waals surface area contributed by atoms with E-state index >= 15 is 0 Å². The third kappa shape index (κ3) is 1.81. The maximum absolute atomic E-state index is 12.5. The Morgan fingerprint density at radius 1 is 1.17 bits per heavy atom. The molecular weight excluding hydrogens is 232 g/mol. The average Bonchev–Trinajstić information content (AvgIpc) is 3.03. The van der Waals surface area contributed by atoms with Gasteiger partial charge in [0.15, 0.2) is 0 Å². The van der Waals surface area contributed by atoms with Crippen molar-refractivity contribution in [3.8, 4) is 0 Å². The molecule has 0 aromatic carbocycles. The predicted octanol–water partition coefficient (Wildman–Crippen LogP) is 0.450. The molecule has 1 saturated carbocycles. The number of nitrogens with one attached hydrogen (secondary N) is 1. The fourth-order valence-electron chi connectivity index (χ4n) is 3.92. The number of likely N-dealkylation sites (tertiary alicyclic amines) is 1. The monoisotopic (exact) mass is 252 g/mol. The summed E-state index contributed by atoms with van der Waals surface area (Å²) in [6.07, 6.45) is 4.94. The van der Waals surface area contributed by atoms with Crippen molar-refractivity contribution in [1.82, 2.24) is 10.2 Å². The van der Waals surface area contributed by atoms with Crippen LogP contribution >= 0.6 is 0 Å². The number of rotatable bonds is 2. The van der Waals surface area contributed by atoms with Gasteiger partial charge in [0.2, 0.25) is 5.91 Å². The summed E-state index contributed by atoms with van der Waals surface area (Å²) in [5.74, 6) is 0.230. The van der Waals surface area contributed by atoms with Gasteiger partial charge in [0.25, 0.3) is 0 Å². The molecule has 2 saturated heterocycles. The van der Waals surface area contributed by atoms with E-state index in [2.05, 4.69) is 5.32 Å². The van der Waals surface area contributed by atoms with Crippen LogP contribution in [0.2, 0.25) is 0 Å². The van der Waals surface area contributed by atoms with Gasteiger partial charge in [-0.25, -0.2) is 4.79 Å². The molecule has 2 aliphatic heterocycles. The fraction of sp³-hybridized carbons (Fsp3) is 0.846. The first-order valence-electron chi connectivity index (χ1n) is 6.95. The van der Waals surface area contributed by atoms with E-state index in [9.17, 15) is 9.59 Å². The summed E-state index contributed by atoms with van der Waals surface area (Å²) in [7, 11) is 0. The van der Waals surface area contributed by atoms with Gasteiger partial charge >= 0.3 is 5.97 Å². The third-order valence-corrected chi connectivity index (χ3v) is 4.83. The highest BCUT2D eigenvalue weighted by Crippen LogP contribution is 2.38. The Hall–Kier alpha value is -1.10. The highest BCUT2D eigenvalue weighted by molar-refractivity contribution is 5.88. The lowest BCUT2D eigenvalue weighted by Gasteiger charge is -2.27. The first kappa shape index (κ1) is 12.0. The van der Waals surface area contributed by atoms with Crippen LogP contribution in [-0.4, -0.2) is 47.1 Å². The Labute approximate surface area is 107 Å². The molecular formula is C13H20N2O3. The van der Waals surface area contributed by atoms with Crippen LogP contribution in [0.25, 0.3) is 0 Å². The summed E-state index contributed by atoms with van der Waals surface area (Å²) in [5.41, 5.74) is 0. The molecule has 5 nitrogen and oxygen atoms in total. The smallest absolute Gasteiger partial charge is 0.326 e. The largest absolute Gasteiger partial charge is 0.480 e. The van der Waals surface area contributed by atoms with Crippen LogP contribution in [0.1, 0.15) is 32.1 Å². The number of hydrogen-bond acceptors (Lipinski definition) is 3. The van der Waals surface area contributed by atoms with E-state index in [1.165, 1.54) is 12.8 Å². The summed E-state index contributed by atoms with van der Waals surface area (Å²) in [5, 5.41) is 12.5. The molecule has 5 heteroatoms. The zero-order valence-electron chi connectivity index (χ0n) is 10.5. The van der Waals surface area contributed by atoms with E-state index in [4.69, 9.17) is 5.11 Å². The second kappa shape index (κ2) is 4.53. The molecule has 2 heterocycles. The lowest BCUT2D eigenvalue weighted by Crippen LogP contribution is -2.50. The highest BCUT2D eigenvalue weighted by Gasteiger charge is 2.46. The van der Waals surface area contributed by atoms with Gasteiger partial charge < -0.3 is 15.3 Å². The summed E-state index contributed by atoms with van der Waals surface area (Å²) in [6.45, 7) is 1.53. The number of carboxylic acid groups (broad SMARTS) is 1. The number of hydrogen-bond donors (Lipinski definition) is 2. The Morgan fingerprint density at radius 3 is 2.78 bits per heavy atom. The molecule has 0 bridgehead atoms. The second-order valence-corrected chi connectivity index (χ2v) is 5.77. The maximum atomic E-state index is 12.5. The van der Waals surface area contributed by atoms with E-state index in [1.807, 2.05) is 0 Å². The second-order valence-electron chi connectivity index (χ2n) is 5.77. The van der Waals surface area contributed by atoms with Crippen LogP contribution in [-0.2, 0) is 9.59 Å². The SMILES string of the molecule is O=C(O)[C@H]1CCCN1C(=O)C1NCC2CCCC21. The summed E-state index contributed by atoms with van der Waals surface area (Å²) in [4.78, 5) is 25.2. The zero-order valence-corrected chi connectivity index (χ0v) is 10.5. The van der Waals surface area contributed by atoms with Crippen LogP contribution < -0.4 is 5.32 Å². The van der Waals surface area contributed by atoms with E-state index in [0.717, 1.165) is 19.4 Å². The molecule has 0 aromatic rings. The van der Waals surface area contributed by atoms with Gasteiger partial charge in [0, 0.05) is 6.54 Å². The van der Waals surface area contributed by atoms with E-state index < -0.39 is 12.0 Å². The summed E-state index contributed by atoms with van der Waals surface area (Å²) in [6, 6.07) is -0.725. The van der Waals surface area contributed by atoms with Crippen molar-refractivity contribution in [3.63, 3.8) is 0 Å². The van der Waals surface area contributed by atoms with Crippen LogP contribution in [0.5, 0.6) is 0 Å². The molecule has 4 atom stereocenters. The first-order valence-corrected chi connectivity index (χ1v) is 6.95. The molecule has 18 heavy (non-hydrogen) atoms. The van der Waals surface area contributed by atoms with Crippen molar-refractivity contribution in [1.29, 1.82) is 0 Å². The number of carbonyl (C=O) groups is 2. The average molecular weight is 252 g/mol. The third-order valence-electron chi connectivity index (χ3n) is 4.83. The van der Waals surface area contributed by atoms with E-state index in [1.54, 1.807) is 4.90 Å². The van der Waals surface area contributed by atoms with Gasteiger partial charge in [-0.1, -0.05) is 6.42 Å². The van der Waals surface area contributed by atoms with Crippen molar-refractivity contribution in [2.24, 2.45) is 11.8 Å². The molecule has 2 N–H and O–H groups in total. The topological polar surface area (TPSA) is 69.6 Å². The standard InChI is InChI=1S/C13H20N2O3/c16-12(15-6-2-5-10(15)13(17)18)11-9-4-1-3-8(9)7-14-11/h8-11,14H,1-7H2,(H,17,18)/t8?,9?,10-,11?/m1/s1. The highest BCUT2D eigenvalue weighted by atomic mass is 16.4. The molecule has 3 unspecified atom stereocenters. The lowest BCUT2D eigenvalue weighted by atomic mass is 9.93.